The third-order valence-electron chi connectivity index (χ3n) is 9.22. The lowest BCUT2D eigenvalue weighted by molar-refractivity contribution is -0.0569. The Bertz CT molecular complexity index is 814. The smallest absolute Gasteiger partial charge is 0.0849 e. The molecule has 2 rings (SSSR count). The zero-order chi connectivity index (χ0) is 28.7. The fraction of sp³-hybridized carbons (Fsp3) is 0.818. The minimum atomic E-state index is -1.11. The van der Waals surface area contributed by atoms with Crippen LogP contribution in [0.25, 0.3) is 0 Å². The Labute approximate surface area is 232 Å². The van der Waals surface area contributed by atoms with Crippen molar-refractivity contribution in [3.05, 3.63) is 35.5 Å². The molecule has 6 atom stereocenters. The monoisotopic (exact) mass is 534 g/mol. The highest BCUT2D eigenvalue weighted by Crippen LogP contribution is 2.51. The van der Waals surface area contributed by atoms with Gasteiger partial charge in [0, 0.05) is 6.42 Å². The Balaban J connectivity index is 2.27. The van der Waals surface area contributed by atoms with E-state index in [0.29, 0.717) is 31.1 Å². The highest BCUT2D eigenvalue weighted by molar-refractivity contribution is 5.38. The Hall–Kier alpha value is -0.980. The Kier molecular flexibility index (Phi) is 12.3. The minimum Gasteiger partial charge on any atom is -0.393 e. The summed E-state index contributed by atoms with van der Waals surface area (Å²) in [6, 6.07) is 0. The molecular weight excluding hydrogens is 476 g/mol. The Morgan fingerprint density at radius 1 is 1.05 bits per heavy atom. The van der Waals surface area contributed by atoms with Gasteiger partial charge >= 0.3 is 0 Å². The highest BCUT2D eigenvalue weighted by Gasteiger charge is 2.41. The van der Waals surface area contributed by atoms with Crippen LogP contribution in [0, 0.1) is 17.3 Å². The summed E-state index contributed by atoms with van der Waals surface area (Å²) < 4.78 is 0. The quantitative estimate of drug-likeness (QED) is 0.189. The third kappa shape index (κ3) is 10.2. The van der Waals surface area contributed by atoms with Gasteiger partial charge in [-0.1, -0.05) is 57.4 Å². The molecule has 2 aliphatic carbocycles. The molecule has 0 aromatic carbocycles. The third-order valence-corrected chi connectivity index (χ3v) is 9.22. The first kappa shape index (κ1) is 33.2. The maximum atomic E-state index is 10.6. The molecule has 0 amide bonds. The summed E-state index contributed by atoms with van der Waals surface area (Å²) in [4.78, 5) is 0. The summed E-state index contributed by atoms with van der Waals surface area (Å²) in [6.45, 7) is 15.9. The van der Waals surface area contributed by atoms with Crippen LogP contribution in [0.3, 0.4) is 0 Å². The zero-order valence-corrected chi connectivity index (χ0v) is 25.2. The fourth-order valence-corrected chi connectivity index (χ4v) is 6.88. The van der Waals surface area contributed by atoms with Crippen molar-refractivity contribution in [3.8, 4) is 0 Å². The number of hydrogen-bond donors (Lipinski definition) is 5. The van der Waals surface area contributed by atoms with Gasteiger partial charge in [0.15, 0.2) is 0 Å². The van der Waals surface area contributed by atoms with Crippen molar-refractivity contribution >= 4 is 0 Å². The number of hydrogen-bond acceptors (Lipinski definition) is 5. The molecule has 0 aliphatic heterocycles. The van der Waals surface area contributed by atoms with Crippen LogP contribution in [-0.2, 0) is 0 Å². The van der Waals surface area contributed by atoms with Gasteiger partial charge in [0.2, 0.25) is 0 Å². The lowest BCUT2D eigenvalue weighted by Gasteiger charge is -2.46. The maximum Gasteiger partial charge on any atom is 0.0849 e. The molecule has 5 N–H and O–H groups in total. The van der Waals surface area contributed by atoms with E-state index >= 15 is 0 Å². The maximum absolute atomic E-state index is 10.6. The number of aliphatic hydroxyl groups is 5. The molecule has 5 heteroatoms. The van der Waals surface area contributed by atoms with Gasteiger partial charge in [0.05, 0.1) is 29.5 Å². The van der Waals surface area contributed by atoms with Crippen LogP contribution in [0.1, 0.15) is 125 Å². The molecule has 2 saturated carbocycles. The largest absolute Gasteiger partial charge is 0.393 e. The van der Waals surface area contributed by atoms with E-state index in [9.17, 15) is 25.5 Å². The second kappa shape index (κ2) is 14.1. The fourth-order valence-electron chi connectivity index (χ4n) is 6.88. The van der Waals surface area contributed by atoms with Gasteiger partial charge in [-0.05, 0) is 114 Å². The lowest BCUT2D eigenvalue weighted by Crippen LogP contribution is -2.39. The summed E-state index contributed by atoms with van der Waals surface area (Å²) in [6.07, 6.45) is 14.1. The topological polar surface area (TPSA) is 101 Å². The van der Waals surface area contributed by atoms with Gasteiger partial charge in [-0.25, -0.2) is 0 Å². The van der Waals surface area contributed by atoms with Crippen LogP contribution in [0.4, 0.5) is 0 Å². The van der Waals surface area contributed by atoms with E-state index in [1.54, 1.807) is 13.8 Å². The number of rotatable bonds is 13. The lowest BCUT2D eigenvalue weighted by atomic mass is 9.59. The molecule has 0 aromatic rings. The molecule has 5 nitrogen and oxygen atoms in total. The van der Waals surface area contributed by atoms with E-state index < -0.39 is 29.5 Å². The van der Waals surface area contributed by atoms with Crippen LogP contribution in [-0.4, -0.2) is 55.0 Å². The zero-order valence-electron chi connectivity index (χ0n) is 25.2. The van der Waals surface area contributed by atoms with Crippen LogP contribution in [0.15, 0.2) is 35.5 Å². The SMILES string of the molecule is C=C1/C(=C\C=C2/CCC[C@](C)(C(CCC)C(CCCC(C)(C)O)CCC(O)C(C)(C)O)C2)C[C@@H](O)C[C@@H]1O. The molecule has 0 radical (unpaired) electrons. The molecule has 0 spiro atoms. The van der Waals surface area contributed by atoms with Crippen molar-refractivity contribution in [1.29, 1.82) is 0 Å². The first-order valence-electron chi connectivity index (χ1n) is 15.1. The average Bonchev–Trinajstić information content (AvgIpc) is 2.79. The van der Waals surface area contributed by atoms with Gasteiger partial charge in [0.1, 0.15) is 0 Å². The van der Waals surface area contributed by atoms with Gasteiger partial charge in [0.25, 0.3) is 0 Å². The molecule has 2 fully saturated rings. The molecule has 0 aromatic heterocycles. The standard InChI is InChI=1S/C33H58O5/c1-8-11-28(25(13-10-18-31(3,4)37)16-17-30(36)32(5,6)38)33(7)19-9-12-24(22-33)14-15-26-20-27(34)21-29(35)23(26)2/h14-15,25,27-30,34-38H,2,8-13,16-22H2,1,3-7H3/b24-14+,26-15-/t25?,27-,28?,29+,30?,33+/m1/s1. The number of allylic oxidation sites excluding steroid dienone is 3. The van der Waals surface area contributed by atoms with E-state index in [4.69, 9.17) is 0 Å². The van der Waals surface area contributed by atoms with Crippen LogP contribution < -0.4 is 0 Å². The van der Waals surface area contributed by atoms with E-state index in [0.717, 1.165) is 68.9 Å². The van der Waals surface area contributed by atoms with Crippen LogP contribution in [0.5, 0.6) is 0 Å². The van der Waals surface area contributed by atoms with Crippen molar-refractivity contribution in [2.75, 3.05) is 0 Å². The second-order valence-electron chi connectivity index (χ2n) is 13.9. The molecule has 0 saturated heterocycles. The molecular formula is C33H58O5. The molecule has 220 valence electrons. The van der Waals surface area contributed by atoms with E-state index in [2.05, 4.69) is 32.6 Å². The van der Waals surface area contributed by atoms with Gasteiger partial charge in [-0.15, -0.1) is 0 Å². The molecule has 2 aliphatic rings. The van der Waals surface area contributed by atoms with Gasteiger partial charge in [-0.2, -0.15) is 0 Å². The normalized spacial score (nSPS) is 30.0. The molecule has 38 heavy (non-hydrogen) atoms. The Morgan fingerprint density at radius 2 is 1.74 bits per heavy atom. The van der Waals surface area contributed by atoms with Crippen molar-refractivity contribution in [2.45, 2.75) is 155 Å². The molecule has 3 unspecified atom stereocenters. The van der Waals surface area contributed by atoms with Crippen molar-refractivity contribution in [3.63, 3.8) is 0 Å². The summed E-state index contributed by atoms with van der Waals surface area (Å²) in [5.41, 5.74) is 1.44. The molecule has 0 heterocycles. The van der Waals surface area contributed by atoms with Crippen LogP contribution >= 0.6 is 0 Å². The first-order chi connectivity index (χ1) is 17.6. The summed E-state index contributed by atoms with van der Waals surface area (Å²) >= 11 is 0. The number of aliphatic hydroxyl groups excluding tert-OH is 3. The first-order valence-corrected chi connectivity index (χ1v) is 15.1. The predicted molar refractivity (Wildman–Crippen MR) is 157 cm³/mol. The van der Waals surface area contributed by atoms with Crippen molar-refractivity contribution < 1.29 is 25.5 Å². The molecule has 0 bridgehead atoms. The van der Waals surface area contributed by atoms with E-state index in [1.165, 1.54) is 12.0 Å². The summed E-state index contributed by atoms with van der Waals surface area (Å²) in [5.74, 6) is 0.911. The van der Waals surface area contributed by atoms with Crippen LogP contribution in [0.2, 0.25) is 0 Å². The van der Waals surface area contributed by atoms with Gasteiger partial charge in [-0.3, -0.25) is 0 Å². The Morgan fingerprint density at radius 3 is 2.34 bits per heavy atom. The summed E-state index contributed by atoms with van der Waals surface area (Å²) in [5, 5.41) is 51.6. The van der Waals surface area contributed by atoms with Crippen molar-refractivity contribution in [2.24, 2.45) is 17.3 Å². The van der Waals surface area contributed by atoms with E-state index in [-0.39, 0.29) is 5.41 Å². The summed E-state index contributed by atoms with van der Waals surface area (Å²) in [7, 11) is 0. The average molecular weight is 535 g/mol. The van der Waals surface area contributed by atoms with Gasteiger partial charge < -0.3 is 25.5 Å². The van der Waals surface area contributed by atoms with Crippen molar-refractivity contribution in [1.82, 2.24) is 0 Å². The predicted octanol–water partition coefficient (Wildman–Crippen LogP) is 6.38. The second-order valence-corrected chi connectivity index (χ2v) is 13.9. The minimum absolute atomic E-state index is 0.139. The van der Waals surface area contributed by atoms with E-state index in [1.807, 2.05) is 13.8 Å². The highest BCUT2D eigenvalue weighted by atomic mass is 16.3.